The highest BCUT2D eigenvalue weighted by Gasteiger charge is 2.31. The Morgan fingerprint density at radius 2 is 2.10 bits per heavy atom. The molecule has 30 heavy (non-hydrogen) atoms. The summed E-state index contributed by atoms with van der Waals surface area (Å²) in [4.78, 5) is 12.5. The monoisotopic (exact) mass is 463 g/mol. The number of benzene rings is 1. The van der Waals surface area contributed by atoms with Crippen molar-refractivity contribution in [1.82, 2.24) is 14.3 Å². The van der Waals surface area contributed by atoms with Crippen LogP contribution in [0.3, 0.4) is 0 Å². The Bertz CT molecular complexity index is 862. The molecule has 2 N–H and O–H groups in total. The molecule has 1 amide bonds. The van der Waals surface area contributed by atoms with E-state index in [9.17, 15) is 17.6 Å². The summed E-state index contributed by atoms with van der Waals surface area (Å²) in [5.41, 5.74) is -0.461. The van der Waals surface area contributed by atoms with Gasteiger partial charge in [0.2, 0.25) is 0 Å². The Morgan fingerprint density at radius 1 is 1.37 bits per heavy atom. The first-order valence-corrected chi connectivity index (χ1v) is 11.8. The zero-order chi connectivity index (χ0) is 21.7. The van der Waals surface area contributed by atoms with Crippen LogP contribution in [0.15, 0.2) is 12.1 Å². The maximum atomic E-state index is 14.5. The maximum Gasteiger partial charge on any atom is 0.304 e. The minimum atomic E-state index is -4.16. The van der Waals surface area contributed by atoms with Gasteiger partial charge in [-0.15, -0.1) is 0 Å². The molecule has 1 aromatic carbocycles. The second-order valence-electron chi connectivity index (χ2n) is 7.57. The molecule has 11 heteroatoms. The minimum absolute atomic E-state index is 0.0531. The number of carbonyl (C=O) groups excluding carboxylic acids is 1. The maximum absolute atomic E-state index is 14.5. The highest BCUT2D eigenvalue weighted by molar-refractivity contribution is 7.87. The predicted molar refractivity (Wildman–Crippen MR) is 110 cm³/mol. The lowest BCUT2D eigenvalue weighted by Crippen LogP contribution is -2.53. The number of likely N-dealkylation sites (N-methyl/N-ethyl adjacent to an activating group) is 1. The van der Waals surface area contributed by atoms with Crippen LogP contribution in [-0.2, 0) is 14.9 Å². The minimum Gasteiger partial charge on any atom is -0.492 e. The molecule has 1 unspecified atom stereocenters. The van der Waals surface area contributed by atoms with Crippen molar-refractivity contribution in [2.45, 2.75) is 31.8 Å². The van der Waals surface area contributed by atoms with E-state index in [1.165, 1.54) is 0 Å². The van der Waals surface area contributed by atoms with E-state index in [0.29, 0.717) is 19.1 Å². The topological polar surface area (TPSA) is 97.0 Å². The molecule has 1 aliphatic heterocycles. The van der Waals surface area contributed by atoms with Crippen LogP contribution in [0, 0.1) is 11.7 Å². The van der Waals surface area contributed by atoms with E-state index in [1.54, 1.807) is 7.05 Å². The first kappa shape index (κ1) is 23.2. The lowest BCUT2D eigenvalue weighted by atomic mass is 10.1. The molecule has 1 aliphatic carbocycles. The Labute approximate surface area is 181 Å². The molecule has 1 heterocycles. The molecule has 8 nitrogen and oxygen atoms in total. The van der Waals surface area contributed by atoms with Crippen LogP contribution in [-0.4, -0.2) is 64.6 Å². The highest BCUT2D eigenvalue weighted by Crippen LogP contribution is 2.31. The first-order valence-electron chi connectivity index (χ1n) is 10.0. The summed E-state index contributed by atoms with van der Waals surface area (Å²) in [5.74, 6) is -1.43. The van der Waals surface area contributed by atoms with E-state index < -0.39 is 27.5 Å². The van der Waals surface area contributed by atoms with E-state index in [-0.39, 0.29) is 36.6 Å². The van der Waals surface area contributed by atoms with Gasteiger partial charge in [0.1, 0.15) is 11.6 Å². The number of ether oxygens (including phenoxy) is 2. The number of amides is 1. The van der Waals surface area contributed by atoms with E-state index in [0.717, 1.165) is 42.1 Å². The molecular weight excluding hydrogens is 437 g/mol. The largest absolute Gasteiger partial charge is 0.492 e. The molecule has 0 radical (unpaired) electrons. The lowest BCUT2D eigenvalue weighted by molar-refractivity contribution is 0.000475. The Balaban J connectivity index is 1.66. The van der Waals surface area contributed by atoms with Crippen LogP contribution < -0.4 is 14.8 Å². The van der Waals surface area contributed by atoms with Crippen molar-refractivity contribution < 1.29 is 27.1 Å². The number of hydrogen-bond acceptors (Lipinski definition) is 6. The number of carbonyl (C=O) groups is 1. The molecule has 0 aromatic heterocycles. The molecule has 0 spiro atoms. The van der Waals surface area contributed by atoms with E-state index in [4.69, 9.17) is 21.1 Å². The Kier molecular flexibility index (Phi) is 7.92. The second-order valence-corrected chi connectivity index (χ2v) is 9.65. The summed E-state index contributed by atoms with van der Waals surface area (Å²) in [5, 5.41) is 2.97. The summed E-state index contributed by atoms with van der Waals surface area (Å²) >= 11 is 6.15. The number of nitrogens with zero attached hydrogens (tertiary/aromatic N) is 1. The van der Waals surface area contributed by atoms with Crippen molar-refractivity contribution in [2.75, 3.05) is 39.9 Å². The average molecular weight is 464 g/mol. The molecule has 1 saturated heterocycles. The van der Waals surface area contributed by atoms with Gasteiger partial charge >= 0.3 is 10.2 Å². The van der Waals surface area contributed by atoms with Gasteiger partial charge in [-0.25, -0.2) is 9.11 Å². The fourth-order valence-electron chi connectivity index (χ4n) is 3.70. The smallest absolute Gasteiger partial charge is 0.304 e. The van der Waals surface area contributed by atoms with Crippen molar-refractivity contribution in [3.05, 3.63) is 28.5 Å². The van der Waals surface area contributed by atoms with Crippen molar-refractivity contribution >= 4 is 27.7 Å². The van der Waals surface area contributed by atoms with Gasteiger partial charge in [-0.3, -0.25) is 4.79 Å². The zero-order valence-corrected chi connectivity index (χ0v) is 18.4. The third kappa shape index (κ3) is 5.82. The van der Waals surface area contributed by atoms with E-state index >= 15 is 0 Å². The van der Waals surface area contributed by atoms with E-state index in [1.807, 2.05) is 4.72 Å². The van der Waals surface area contributed by atoms with Crippen LogP contribution >= 0.6 is 11.6 Å². The SMILES string of the molecule is CNCC1CN(S(=O)(=O)NC(=O)c2cc(Cl)c(OCC3CCCC3)cc2F)CCO1. The summed E-state index contributed by atoms with van der Waals surface area (Å²) in [6, 6.07) is 2.12. The van der Waals surface area contributed by atoms with Crippen molar-refractivity contribution in [1.29, 1.82) is 0 Å². The van der Waals surface area contributed by atoms with Gasteiger partial charge < -0.3 is 14.8 Å². The standard InChI is InChI=1S/C19H27ClFN3O5S/c1-22-10-14-11-24(6-7-28-14)30(26,27)23-19(25)15-8-16(20)18(9-17(15)21)29-12-13-4-2-3-5-13/h8-9,13-14,22H,2-7,10-12H2,1H3,(H,23,25). The van der Waals surface area contributed by atoms with Crippen molar-refractivity contribution in [3.63, 3.8) is 0 Å². The highest BCUT2D eigenvalue weighted by atomic mass is 35.5. The van der Waals surface area contributed by atoms with Crippen molar-refractivity contribution in [3.8, 4) is 5.75 Å². The molecule has 2 fully saturated rings. The number of rotatable bonds is 8. The van der Waals surface area contributed by atoms with Gasteiger partial charge in [-0.1, -0.05) is 24.4 Å². The first-order chi connectivity index (χ1) is 14.3. The molecule has 3 rings (SSSR count). The van der Waals surface area contributed by atoms with Gasteiger partial charge in [-0.2, -0.15) is 12.7 Å². The normalized spacial score (nSPS) is 21.0. The van der Waals surface area contributed by atoms with Crippen LogP contribution in [0.2, 0.25) is 5.02 Å². The molecule has 2 aliphatic rings. The third-order valence-electron chi connectivity index (χ3n) is 5.31. The van der Waals surface area contributed by atoms with Crippen LogP contribution in [0.1, 0.15) is 36.0 Å². The third-order valence-corrected chi connectivity index (χ3v) is 7.06. The number of halogens is 2. The fourth-order valence-corrected chi connectivity index (χ4v) is 5.07. The summed E-state index contributed by atoms with van der Waals surface area (Å²) in [6.07, 6.45) is 4.10. The molecule has 1 aromatic rings. The summed E-state index contributed by atoms with van der Waals surface area (Å²) in [7, 11) is -2.43. The van der Waals surface area contributed by atoms with Gasteiger partial charge in [0.05, 0.1) is 29.9 Å². The Morgan fingerprint density at radius 3 is 2.80 bits per heavy atom. The molecular formula is C19H27ClFN3O5S. The molecule has 0 bridgehead atoms. The lowest BCUT2D eigenvalue weighted by Gasteiger charge is -2.31. The Hall–Kier alpha value is -1.46. The molecule has 1 saturated carbocycles. The van der Waals surface area contributed by atoms with Crippen molar-refractivity contribution in [2.24, 2.45) is 5.92 Å². The number of nitrogens with one attached hydrogen (secondary N) is 2. The summed E-state index contributed by atoms with van der Waals surface area (Å²) in [6.45, 7) is 1.28. The second kappa shape index (κ2) is 10.2. The van der Waals surface area contributed by atoms with Crippen LogP contribution in [0.5, 0.6) is 5.75 Å². The average Bonchev–Trinajstić information content (AvgIpc) is 3.22. The zero-order valence-electron chi connectivity index (χ0n) is 16.8. The summed E-state index contributed by atoms with van der Waals surface area (Å²) < 4.78 is 53.8. The number of hydrogen-bond donors (Lipinski definition) is 2. The molecule has 1 atom stereocenters. The van der Waals surface area contributed by atoms with E-state index in [2.05, 4.69) is 5.32 Å². The van der Waals surface area contributed by atoms with Gasteiger partial charge in [0.15, 0.2) is 0 Å². The predicted octanol–water partition coefficient (Wildman–Crippen LogP) is 1.94. The number of morpholine rings is 1. The van der Waals surface area contributed by atoms with Gasteiger partial charge in [0, 0.05) is 25.7 Å². The van der Waals surface area contributed by atoms with Gasteiger partial charge in [0.25, 0.3) is 5.91 Å². The fraction of sp³-hybridized carbons (Fsp3) is 0.632. The van der Waals surface area contributed by atoms with Gasteiger partial charge in [-0.05, 0) is 31.9 Å². The van der Waals surface area contributed by atoms with Crippen LogP contribution in [0.25, 0.3) is 0 Å². The van der Waals surface area contributed by atoms with Crippen LogP contribution in [0.4, 0.5) is 4.39 Å². The molecule has 168 valence electrons. The quantitative estimate of drug-likeness (QED) is 0.611.